The van der Waals surface area contributed by atoms with E-state index in [1.54, 1.807) is 48.3 Å². The van der Waals surface area contributed by atoms with Gasteiger partial charge in [0, 0.05) is 31.4 Å². The van der Waals surface area contributed by atoms with Gasteiger partial charge in [0.15, 0.2) is 23.0 Å². The van der Waals surface area contributed by atoms with E-state index in [4.69, 9.17) is 24.8 Å². The Kier molecular flexibility index (Phi) is 10.4. The van der Waals surface area contributed by atoms with E-state index in [1.807, 2.05) is 6.21 Å². The lowest BCUT2D eigenvalue weighted by atomic mass is 9.78. The molecular formula is C40H53N5O7. The molecule has 52 heavy (non-hydrogen) atoms. The summed E-state index contributed by atoms with van der Waals surface area (Å²) < 4.78 is 24.0. The summed E-state index contributed by atoms with van der Waals surface area (Å²) >= 11 is 0. The minimum atomic E-state index is -0.480. The van der Waals surface area contributed by atoms with Crippen LogP contribution in [0.15, 0.2) is 53.6 Å². The van der Waals surface area contributed by atoms with Gasteiger partial charge in [0.25, 0.3) is 11.8 Å². The number of fused-ring (bicyclic) bond motifs is 4. The van der Waals surface area contributed by atoms with Gasteiger partial charge < -0.3 is 38.9 Å². The Bertz CT molecular complexity index is 1790. The number of aliphatic hydroxyl groups excluding tert-OH is 1. The van der Waals surface area contributed by atoms with Gasteiger partial charge in [-0.3, -0.25) is 14.6 Å². The molecule has 12 heteroatoms. The molecule has 0 aromatic heterocycles. The van der Waals surface area contributed by atoms with Crippen LogP contribution in [0.1, 0.15) is 80.5 Å². The van der Waals surface area contributed by atoms with E-state index in [0.29, 0.717) is 78.2 Å². The number of carbonyl (C=O) groups excluding carboxylic acids is 2. The van der Waals surface area contributed by atoms with Gasteiger partial charge in [0.2, 0.25) is 0 Å². The first kappa shape index (κ1) is 37.2. The average Bonchev–Trinajstić information content (AvgIpc) is 3.64. The van der Waals surface area contributed by atoms with Crippen molar-refractivity contribution in [3.8, 4) is 23.0 Å². The van der Waals surface area contributed by atoms with E-state index in [9.17, 15) is 14.7 Å². The van der Waals surface area contributed by atoms with E-state index < -0.39 is 6.04 Å². The number of carbonyl (C=O) groups is 2. The van der Waals surface area contributed by atoms with Crippen molar-refractivity contribution in [3.05, 3.63) is 59.7 Å². The van der Waals surface area contributed by atoms with Crippen molar-refractivity contribution in [3.63, 3.8) is 0 Å². The Labute approximate surface area is 306 Å². The summed E-state index contributed by atoms with van der Waals surface area (Å²) in [6, 6.07) is 6.14. The topological polar surface area (TPSA) is 139 Å². The summed E-state index contributed by atoms with van der Waals surface area (Å²) in [5, 5.41) is 11.8. The van der Waals surface area contributed by atoms with E-state index in [-0.39, 0.29) is 41.3 Å². The van der Waals surface area contributed by atoms with Crippen LogP contribution in [0.3, 0.4) is 0 Å². The molecule has 4 aliphatic rings. The lowest BCUT2D eigenvalue weighted by molar-refractivity contribution is 0.0707. The minimum Gasteiger partial charge on any atom is -0.493 e. The van der Waals surface area contributed by atoms with Crippen LogP contribution < -0.4 is 29.8 Å². The maximum absolute atomic E-state index is 13.6. The van der Waals surface area contributed by atoms with E-state index in [1.165, 1.54) is 5.01 Å². The van der Waals surface area contributed by atoms with Gasteiger partial charge in [-0.25, -0.2) is 5.84 Å². The molecule has 4 aliphatic heterocycles. The number of aliphatic hydroxyl groups is 1. The molecule has 0 aliphatic carbocycles. The number of benzene rings is 2. The zero-order valence-electron chi connectivity index (χ0n) is 31.4. The molecule has 6 rings (SSSR count). The third kappa shape index (κ3) is 7.36. The molecule has 2 aromatic carbocycles. The van der Waals surface area contributed by atoms with Crippen LogP contribution in [-0.2, 0) is 0 Å². The second kappa shape index (κ2) is 14.5. The molecule has 0 saturated carbocycles. The quantitative estimate of drug-likeness (QED) is 0.198. The third-order valence-corrected chi connectivity index (χ3v) is 10.9. The number of ether oxygens (including phenoxy) is 4. The van der Waals surface area contributed by atoms with Gasteiger partial charge >= 0.3 is 0 Å². The largest absolute Gasteiger partial charge is 0.493 e. The predicted molar refractivity (Wildman–Crippen MR) is 201 cm³/mol. The summed E-state index contributed by atoms with van der Waals surface area (Å²) in [7, 11) is 3.13. The molecule has 2 saturated heterocycles. The standard InChI is InChI=1S/C40H53N5O7/c1-24-13-26-19-42-29-17-35(33(49-7)15-27(29)37(47)43(26)20-24)52-23-40(5,6)10-9-39(3,4)11-12-51-36-18-30-28(16-34(36)50-8)38(48)44-21-25(2)14-31(44)32(22-46)45(30)41/h15-19,26,31-32,46H,1-2,9-14,20-23,41H2,3-8H3. The zero-order valence-corrected chi connectivity index (χ0v) is 31.4. The monoisotopic (exact) mass is 715 g/mol. The van der Waals surface area contributed by atoms with Crippen molar-refractivity contribution >= 4 is 29.4 Å². The fraction of sp³-hybridized carbons (Fsp3) is 0.525. The van der Waals surface area contributed by atoms with Gasteiger partial charge in [-0.2, -0.15) is 0 Å². The first-order chi connectivity index (χ1) is 24.6. The second-order valence-corrected chi connectivity index (χ2v) is 16.1. The molecule has 0 spiro atoms. The molecule has 3 unspecified atom stereocenters. The van der Waals surface area contributed by atoms with Gasteiger partial charge in [-0.15, -0.1) is 0 Å². The van der Waals surface area contributed by atoms with Crippen LogP contribution in [-0.4, -0.2) is 98.2 Å². The smallest absolute Gasteiger partial charge is 0.257 e. The van der Waals surface area contributed by atoms with Crippen molar-refractivity contribution in [1.82, 2.24) is 9.80 Å². The number of hydrazine groups is 1. The van der Waals surface area contributed by atoms with Crippen LogP contribution in [0, 0.1) is 10.8 Å². The fourth-order valence-electron chi connectivity index (χ4n) is 7.52. The molecule has 3 atom stereocenters. The van der Waals surface area contributed by atoms with Gasteiger partial charge in [0.1, 0.15) is 0 Å². The summed E-state index contributed by atoms with van der Waals surface area (Å²) in [6.07, 6.45) is 5.72. The van der Waals surface area contributed by atoms with Crippen molar-refractivity contribution in [2.24, 2.45) is 21.7 Å². The minimum absolute atomic E-state index is 0.0588. The normalized spacial score (nSPS) is 21.4. The number of methoxy groups -OCH3 is 2. The molecule has 0 radical (unpaired) electrons. The lowest BCUT2D eigenvalue weighted by Gasteiger charge is -2.33. The summed E-state index contributed by atoms with van der Waals surface area (Å²) in [5.41, 5.74) is 3.72. The SMILES string of the molecule is C=C1CC2C=Nc3cc(OCC(C)(C)CCC(C)(C)CCOc4cc5c(cc4OC)C(=O)N4CC(=C)CC4C(CO)N5N)c(OC)cc3C(=O)N2C1. The highest BCUT2D eigenvalue weighted by molar-refractivity contribution is 6.04. The highest BCUT2D eigenvalue weighted by Gasteiger charge is 2.43. The van der Waals surface area contributed by atoms with Crippen molar-refractivity contribution in [1.29, 1.82) is 0 Å². The number of hydrogen-bond donors (Lipinski definition) is 2. The lowest BCUT2D eigenvalue weighted by Crippen LogP contribution is -2.53. The maximum Gasteiger partial charge on any atom is 0.257 e. The van der Waals surface area contributed by atoms with Crippen LogP contribution in [0.5, 0.6) is 23.0 Å². The fourth-order valence-corrected chi connectivity index (χ4v) is 7.52. The van der Waals surface area contributed by atoms with E-state index in [2.05, 4.69) is 45.8 Å². The summed E-state index contributed by atoms with van der Waals surface area (Å²) in [6.45, 7) is 18.6. The molecule has 0 bridgehead atoms. The molecule has 12 nitrogen and oxygen atoms in total. The van der Waals surface area contributed by atoms with Crippen molar-refractivity contribution in [2.45, 2.75) is 77.9 Å². The first-order valence-electron chi connectivity index (χ1n) is 18.0. The summed E-state index contributed by atoms with van der Waals surface area (Å²) in [4.78, 5) is 35.2. The number of aliphatic imine (C=N–C) groups is 1. The molecule has 2 aromatic rings. The molecule has 4 heterocycles. The van der Waals surface area contributed by atoms with Gasteiger partial charge in [0.05, 0.1) is 74.7 Å². The van der Waals surface area contributed by atoms with Crippen LogP contribution >= 0.6 is 0 Å². The van der Waals surface area contributed by atoms with E-state index >= 15 is 0 Å². The Morgan fingerprint density at radius 1 is 0.827 bits per heavy atom. The van der Waals surface area contributed by atoms with Crippen molar-refractivity contribution < 1.29 is 33.6 Å². The third-order valence-electron chi connectivity index (χ3n) is 10.9. The molecule has 2 fully saturated rings. The predicted octanol–water partition coefficient (Wildman–Crippen LogP) is 5.70. The summed E-state index contributed by atoms with van der Waals surface area (Å²) in [5.74, 6) is 8.32. The maximum atomic E-state index is 13.6. The molecule has 2 amide bonds. The second-order valence-electron chi connectivity index (χ2n) is 16.1. The number of nitrogens with two attached hydrogens (primary N) is 1. The molecule has 280 valence electrons. The number of amides is 2. The van der Waals surface area contributed by atoms with Gasteiger partial charge in [-0.1, -0.05) is 52.0 Å². The van der Waals surface area contributed by atoms with Crippen molar-refractivity contribution in [2.75, 3.05) is 52.1 Å². The number of anilines is 1. The highest BCUT2D eigenvalue weighted by atomic mass is 16.5. The zero-order chi connectivity index (χ0) is 37.5. The van der Waals surface area contributed by atoms with Crippen LogP contribution in [0.25, 0.3) is 0 Å². The first-order valence-corrected chi connectivity index (χ1v) is 18.0. The molecule has 3 N–H and O–H groups in total. The van der Waals surface area contributed by atoms with Gasteiger partial charge in [-0.05, 0) is 55.1 Å². The van der Waals surface area contributed by atoms with Crippen LogP contribution in [0.4, 0.5) is 11.4 Å². The number of hydrogen-bond acceptors (Lipinski definition) is 10. The Morgan fingerprint density at radius 2 is 1.44 bits per heavy atom. The van der Waals surface area contributed by atoms with Crippen LogP contribution in [0.2, 0.25) is 0 Å². The highest BCUT2D eigenvalue weighted by Crippen LogP contribution is 2.43. The Hall–Kier alpha value is -4.55. The Balaban J connectivity index is 1.07. The number of nitrogens with zero attached hydrogens (tertiary/aromatic N) is 4. The Morgan fingerprint density at radius 3 is 2.13 bits per heavy atom. The average molecular weight is 716 g/mol. The molecular weight excluding hydrogens is 662 g/mol. The number of rotatable bonds is 13. The van der Waals surface area contributed by atoms with E-state index in [0.717, 1.165) is 36.8 Å².